The van der Waals surface area contributed by atoms with Crippen LogP contribution in [-0.2, 0) is 16.1 Å². The smallest absolute Gasteiger partial charge is 0.340 e. The van der Waals surface area contributed by atoms with Gasteiger partial charge in [-0.3, -0.25) is 9.78 Å². The summed E-state index contributed by atoms with van der Waals surface area (Å²) in [5, 5.41) is 0. The Morgan fingerprint density at radius 3 is 2.57 bits per heavy atom. The van der Waals surface area contributed by atoms with Gasteiger partial charge in [-0.05, 0) is 34.5 Å². The van der Waals surface area contributed by atoms with Gasteiger partial charge in [0.05, 0.1) is 5.56 Å². The third-order valence-corrected chi connectivity index (χ3v) is 3.67. The van der Waals surface area contributed by atoms with E-state index in [1.807, 2.05) is 31.2 Å². The zero-order chi connectivity index (χ0) is 16.8. The summed E-state index contributed by atoms with van der Waals surface area (Å²) < 4.78 is 5.71. The van der Waals surface area contributed by atoms with Gasteiger partial charge in [0.15, 0.2) is 6.61 Å². The molecule has 23 heavy (non-hydrogen) atoms. The second-order valence-electron chi connectivity index (χ2n) is 5.20. The molecule has 0 fully saturated rings. The van der Waals surface area contributed by atoms with Gasteiger partial charge in [0, 0.05) is 30.5 Å². The van der Waals surface area contributed by atoms with E-state index in [2.05, 4.69) is 20.9 Å². The average molecular weight is 377 g/mol. The average Bonchev–Trinajstić information content (AvgIpc) is 2.54. The topological polar surface area (TPSA) is 59.5 Å². The molecule has 2 rings (SSSR count). The summed E-state index contributed by atoms with van der Waals surface area (Å²) in [5.74, 6) is -0.835. The highest BCUT2D eigenvalue weighted by Gasteiger charge is 2.14. The van der Waals surface area contributed by atoms with E-state index < -0.39 is 5.97 Å². The van der Waals surface area contributed by atoms with Gasteiger partial charge in [0.1, 0.15) is 0 Å². The van der Waals surface area contributed by atoms with Gasteiger partial charge in [-0.1, -0.05) is 29.8 Å². The highest BCUT2D eigenvalue weighted by atomic mass is 79.9. The quantitative estimate of drug-likeness (QED) is 0.752. The fourth-order valence-corrected chi connectivity index (χ4v) is 2.26. The van der Waals surface area contributed by atoms with Crippen LogP contribution < -0.4 is 0 Å². The number of carbonyl (C=O) groups is 2. The molecule has 1 aromatic carbocycles. The van der Waals surface area contributed by atoms with Crippen molar-refractivity contribution in [3.05, 3.63) is 63.9 Å². The molecule has 0 saturated carbocycles. The van der Waals surface area contributed by atoms with Crippen molar-refractivity contribution in [2.75, 3.05) is 13.7 Å². The number of amides is 1. The van der Waals surface area contributed by atoms with Crippen molar-refractivity contribution in [1.29, 1.82) is 0 Å². The summed E-state index contributed by atoms with van der Waals surface area (Å²) in [6.45, 7) is 2.18. The summed E-state index contributed by atoms with van der Waals surface area (Å²) in [7, 11) is 1.68. The first-order valence-electron chi connectivity index (χ1n) is 7.03. The van der Waals surface area contributed by atoms with E-state index in [1.165, 1.54) is 16.7 Å². The van der Waals surface area contributed by atoms with Crippen LogP contribution in [0.25, 0.3) is 0 Å². The zero-order valence-electron chi connectivity index (χ0n) is 13.0. The molecular weight excluding hydrogens is 360 g/mol. The molecule has 0 aliphatic heterocycles. The number of rotatable bonds is 5. The summed E-state index contributed by atoms with van der Waals surface area (Å²) in [4.78, 5) is 29.3. The number of hydrogen-bond donors (Lipinski definition) is 0. The number of nitrogens with zero attached hydrogens (tertiary/aromatic N) is 2. The first-order chi connectivity index (χ1) is 11.0. The lowest BCUT2D eigenvalue weighted by Crippen LogP contribution is -2.30. The Hall–Kier alpha value is -2.21. The monoisotopic (exact) mass is 376 g/mol. The fourth-order valence-electron chi connectivity index (χ4n) is 1.90. The molecule has 0 saturated heterocycles. The van der Waals surface area contributed by atoms with Gasteiger partial charge in [0.25, 0.3) is 5.91 Å². The molecule has 1 aromatic heterocycles. The standard InChI is InChI=1S/C17H17BrN2O3/c1-12-3-5-13(6-4-12)10-20(2)16(21)11-23-17(22)14-7-15(18)9-19-8-14/h3-9H,10-11H2,1-2H3. The molecule has 1 heterocycles. The van der Waals surface area contributed by atoms with Crippen LogP contribution in [0.3, 0.4) is 0 Å². The van der Waals surface area contributed by atoms with Crippen molar-refractivity contribution in [1.82, 2.24) is 9.88 Å². The molecule has 0 aliphatic rings. The largest absolute Gasteiger partial charge is 0.452 e. The molecule has 1 amide bonds. The number of hydrogen-bond acceptors (Lipinski definition) is 4. The van der Waals surface area contributed by atoms with E-state index in [1.54, 1.807) is 19.3 Å². The molecule has 5 nitrogen and oxygen atoms in total. The van der Waals surface area contributed by atoms with Crippen LogP contribution in [-0.4, -0.2) is 35.4 Å². The van der Waals surface area contributed by atoms with Crippen LogP contribution in [0.15, 0.2) is 47.2 Å². The third kappa shape index (κ3) is 5.17. The van der Waals surface area contributed by atoms with Gasteiger partial charge < -0.3 is 9.64 Å². The number of pyridine rings is 1. The Bertz CT molecular complexity index is 701. The molecule has 2 aromatic rings. The van der Waals surface area contributed by atoms with Crippen LogP contribution in [0.1, 0.15) is 21.5 Å². The number of aryl methyl sites for hydroxylation is 1. The predicted molar refractivity (Wildman–Crippen MR) is 89.9 cm³/mol. The lowest BCUT2D eigenvalue weighted by atomic mass is 10.1. The summed E-state index contributed by atoms with van der Waals surface area (Å²) in [6.07, 6.45) is 2.96. The van der Waals surface area contributed by atoms with E-state index in [4.69, 9.17) is 4.74 Å². The Labute approximate surface area is 143 Å². The normalized spacial score (nSPS) is 10.2. The second-order valence-corrected chi connectivity index (χ2v) is 6.12. The van der Waals surface area contributed by atoms with Gasteiger partial charge in [-0.2, -0.15) is 0 Å². The number of ether oxygens (including phenoxy) is 1. The lowest BCUT2D eigenvalue weighted by Gasteiger charge is -2.17. The van der Waals surface area contributed by atoms with E-state index in [9.17, 15) is 9.59 Å². The SMILES string of the molecule is Cc1ccc(CN(C)C(=O)COC(=O)c2cncc(Br)c2)cc1. The molecule has 120 valence electrons. The van der Waals surface area contributed by atoms with E-state index in [0.29, 0.717) is 16.6 Å². The molecule has 0 aliphatic carbocycles. The number of aromatic nitrogens is 1. The molecule has 0 atom stereocenters. The van der Waals surface area contributed by atoms with Crippen molar-refractivity contribution in [2.45, 2.75) is 13.5 Å². The Kier molecular flexibility index (Phi) is 5.87. The predicted octanol–water partition coefficient (Wildman–Crippen LogP) is 2.97. The van der Waals surface area contributed by atoms with Crippen molar-refractivity contribution < 1.29 is 14.3 Å². The lowest BCUT2D eigenvalue weighted by molar-refractivity contribution is -0.133. The van der Waals surface area contributed by atoms with Gasteiger partial charge in [-0.15, -0.1) is 0 Å². The van der Waals surface area contributed by atoms with Crippen LogP contribution in [0.4, 0.5) is 0 Å². The van der Waals surface area contributed by atoms with Crippen molar-refractivity contribution in [3.8, 4) is 0 Å². The summed E-state index contributed by atoms with van der Waals surface area (Å²) in [5.41, 5.74) is 2.49. The maximum Gasteiger partial charge on any atom is 0.340 e. The molecule has 0 radical (unpaired) electrons. The third-order valence-electron chi connectivity index (χ3n) is 3.23. The number of carbonyl (C=O) groups excluding carboxylic acids is 2. The molecular formula is C17H17BrN2O3. The molecule has 0 spiro atoms. The number of likely N-dealkylation sites (N-methyl/N-ethyl adjacent to an activating group) is 1. The molecule has 0 N–H and O–H groups in total. The number of benzene rings is 1. The highest BCUT2D eigenvalue weighted by molar-refractivity contribution is 9.10. The zero-order valence-corrected chi connectivity index (χ0v) is 14.5. The molecule has 6 heteroatoms. The Morgan fingerprint density at radius 1 is 1.22 bits per heavy atom. The van der Waals surface area contributed by atoms with Crippen molar-refractivity contribution >= 4 is 27.8 Å². The van der Waals surface area contributed by atoms with Gasteiger partial charge >= 0.3 is 5.97 Å². The van der Waals surface area contributed by atoms with E-state index in [-0.39, 0.29) is 12.5 Å². The highest BCUT2D eigenvalue weighted by Crippen LogP contribution is 2.11. The Morgan fingerprint density at radius 2 is 1.91 bits per heavy atom. The second kappa shape index (κ2) is 7.87. The maximum atomic E-state index is 12.0. The van der Waals surface area contributed by atoms with Crippen LogP contribution in [0, 0.1) is 6.92 Å². The minimum Gasteiger partial charge on any atom is -0.452 e. The van der Waals surface area contributed by atoms with Crippen LogP contribution >= 0.6 is 15.9 Å². The van der Waals surface area contributed by atoms with Crippen LogP contribution in [0.5, 0.6) is 0 Å². The van der Waals surface area contributed by atoms with Gasteiger partial charge in [-0.25, -0.2) is 4.79 Å². The van der Waals surface area contributed by atoms with Crippen molar-refractivity contribution in [3.63, 3.8) is 0 Å². The first kappa shape index (κ1) is 17.1. The molecule has 0 bridgehead atoms. The number of halogens is 1. The van der Waals surface area contributed by atoms with Crippen LogP contribution in [0.2, 0.25) is 0 Å². The van der Waals surface area contributed by atoms with E-state index in [0.717, 1.165) is 5.56 Å². The van der Waals surface area contributed by atoms with E-state index >= 15 is 0 Å². The van der Waals surface area contributed by atoms with Crippen molar-refractivity contribution in [2.24, 2.45) is 0 Å². The fraction of sp³-hybridized carbons (Fsp3) is 0.235. The number of esters is 1. The molecule has 0 unspecified atom stereocenters. The summed E-state index contributed by atoms with van der Waals surface area (Å²) >= 11 is 3.23. The van der Waals surface area contributed by atoms with Gasteiger partial charge in [0.2, 0.25) is 0 Å². The Balaban J connectivity index is 1.86. The summed E-state index contributed by atoms with van der Waals surface area (Å²) in [6, 6.07) is 9.52. The first-order valence-corrected chi connectivity index (χ1v) is 7.82. The minimum absolute atomic E-state index is 0.262. The minimum atomic E-state index is -0.573. The maximum absolute atomic E-state index is 12.0.